The number of aliphatic hydroxyl groups is 1. The lowest BCUT2D eigenvalue weighted by Crippen LogP contribution is -2.42. The van der Waals surface area contributed by atoms with E-state index < -0.39 is 15.9 Å². The van der Waals surface area contributed by atoms with Crippen molar-refractivity contribution in [1.29, 1.82) is 0 Å². The van der Waals surface area contributed by atoms with E-state index in [1.165, 1.54) is 0 Å². The van der Waals surface area contributed by atoms with E-state index in [4.69, 9.17) is 9.47 Å². The minimum absolute atomic E-state index is 0.0623. The lowest BCUT2D eigenvalue weighted by Gasteiger charge is -2.29. The highest BCUT2D eigenvalue weighted by Gasteiger charge is 2.33. The van der Waals surface area contributed by atoms with Gasteiger partial charge >= 0.3 is 0 Å². The molecule has 1 fully saturated rings. The smallest absolute Gasteiger partial charge is 0.151 e. The quantitative estimate of drug-likeness (QED) is 0.682. The molecule has 1 aliphatic rings. The van der Waals surface area contributed by atoms with Crippen LogP contribution in [-0.2, 0) is 16.4 Å². The Morgan fingerprint density at radius 1 is 1.26 bits per heavy atom. The molecule has 0 unspecified atom stereocenters. The minimum Gasteiger partial charge on any atom is -0.497 e. The summed E-state index contributed by atoms with van der Waals surface area (Å²) in [6.45, 7) is 1.15. The number of benzene rings is 1. The summed E-state index contributed by atoms with van der Waals surface area (Å²) < 4.78 is 34.5. The fraction of sp³-hybridized carbons (Fsp3) is 0.474. The third-order valence-electron chi connectivity index (χ3n) is 4.61. The van der Waals surface area contributed by atoms with Gasteiger partial charge in [0.05, 0.1) is 18.6 Å². The zero-order valence-corrected chi connectivity index (χ0v) is 16.9. The molecule has 6 nitrogen and oxygen atoms in total. The van der Waals surface area contributed by atoms with Gasteiger partial charge in [-0.05, 0) is 42.1 Å². The number of sulfone groups is 1. The molecule has 1 aromatic carbocycles. The predicted molar refractivity (Wildman–Crippen MR) is 106 cm³/mol. The van der Waals surface area contributed by atoms with Gasteiger partial charge in [0.2, 0.25) is 0 Å². The van der Waals surface area contributed by atoms with Crippen molar-refractivity contribution >= 4 is 21.2 Å². The maximum absolute atomic E-state index is 11.9. The van der Waals surface area contributed by atoms with Gasteiger partial charge in [0.15, 0.2) is 9.84 Å². The van der Waals surface area contributed by atoms with Gasteiger partial charge in [-0.2, -0.15) is 0 Å². The molecule has 0 radical (unpaired) electrons. The first-order valence-electron chi connectivity index (χ1n) is 8.87. The van der Waals surface area contributed by atoms with E-state index in [2.05, 4.69) is 4.90 Å². The van der Waals surface area contributed by atoms with E-state index in [0.29, 0.717) is 25.3 Å². The van der Waals surface area contributed by atoms with Gasteiger partial charge in [-0.1, -0.05) is 6.07 Å². The molecule has 8 heteroatoms. The summed E-state index contributed by atoms with van der Waals surface area (Å²) in [6, 6.07) is 11.1. The van der Waals surface area contributed by atoms with E-state index in [1.807, 2.05) is 17.5 Å². The standard InChI is InChI=1S/C19H25NO5S2/c1-24-17-4-6-18(7-5-17)25-13-16(21)11-20(12-19-3-2-9-26-19)15-8-10-27(22,23)14-15/h2-7,9,15-16,21H,8,10-14H2,1H3/t15-,16-/m0/s1. The van der Waals surface area contributed by atoms with Crippen LogP contribution in [-0.4, -0.2) is 62.3 Å². The molecule has 3 rings (SSSR count). The van der Waals surface area contributed by atoms with Crippen LogP contribution in [0.15, 0.2) is 41.8 Å². The van der Waals surface area contributed by atoms with Crippen molar-refractivity contribution in [1.82, 2.24) is 4.90 Å². The molecule has 0 aliphatic carbocycles. The van der Waals surface area contributed by atoms with Gasteiger partial charge in [-0.25, -0.2) is 8.42 Å². The average molecular weight is 412 g/mol. The van der Waals surface area contributed by atoms with Crippen LogP contribution in [0.5, 0.6) is 11.5 Å². The van der Waals surface area contributed by atoms with E-state index in [9.17, 15) is 13.5 Å². The topological polar surface area (TPSA) is 76.1 Å². The first-order valence-corrected chi connectivity index (χ1v) is 11.6. The van der Waals surface area contributed by atoms with Crippen molar-refractivity contribution in [3.63, 3.8) is 0 Å². The van der Waals surface area contributed by atoms with Crippen LogP contribution in [0.3, 0.4) is 0 Å². The molecule has 0 saturated carbocycles. The van der Waals surface area contributed by atoms with Crippen molar-refractivity contribution in [2.45, 2.75) is 25.1 Å². The number of methoxy groups -OCH3 is 1. The highest BCUT2D eigenvalue weighted by molar-refractivity contribution is 7.91. The van der Waals surface area contributed by atoms with Crippen LogP contribution in [0.1, 0.15) is 11.3 Å². The number of hydrogen-bond donors (Lipinski definition) is 1. The molecule has 0 amide bonds. The molecule has 2 atom stereocenters. The van der Waals surface area contributed by atoms with Crippen molar-refractivity contribution in [2.24, 2.45) is 0 Å². The number of ether oxygens (including phenoxy) is 2. The van der Waals surface area contributed by atoms with Gasteiger partial charge in [0.1, 0.15) is 24.2 Å². The Hall–Kier alpha value is -1.61. The van der Waals surface area contributed by atoms with E-state index >= 15 is 0 Å². The van der Waals surface area contributed by atoms with Gasteiger partial charge in [0, 0.05) is 24.0 Å². The molecule has 0 spiro atoms. The number of thiophene rings is 1. The lowest BCUT2D eigenvalue weighted by atomic mass is 10.2. The Kier molecular flexibility index (Phi) is 6.75. The lowest BCUT2D eigenvalue weighted by molar-refractivity contribution is 0.0529. The molecule has 1 aromatic heterocycles. The van der Waals surface area contributed by atoms with Crippen LogP contribution >= 0.6 is 11.3 Å². The van der Waals surface area contributed by atoms with Crippen molar-refractivity contribution in [3.05, 3.63) is 46.7 Å². The summed E-state index contributed by atoms with van der Waals surface area (Å²) in [7, 11) is -1.38. The third kappa shape index (κ3) is 5.93. The second-order valence-electron chi connectivity index (χ2n) is 6.71. The minimum atomic E-state index is -2.98. The van der Waals surface area contributed by atoms with E-state index in [0.717, 1.165) is 10.6 Å². The second-order valence-corrected chi connectivity index (χ2v) is 9.97. The Bertz CT molecular complexity index is 805. The Morgan fingerprint density at radius 3 is 2.59 bits per heavy atom. The predicted octanol–water partition coefficient (Wildman–Crippen LogP) is 2.19. The summed E-state index contributed by atoms with van der Waals surface area (Å²) in [5.41, 5.74) is 0. The van der Waals surface area contributed by atoms with Gasteiger partial charge < -0.3 is 14.6 Å². The number of rotatable bonds is 9. The molecule has 27 heavy (non-hydrogen) atoms. The third-order valence-corrected chi connectivity index (χ3v) is 7.22. The van der Waals surface area contributed by atoms with Gasteiger partial charge in [-0.15, -0.1) is 11.3 Å². The SMILES string of the molecule is COc1ccc(OC[C@@H](O)CN(Cc2cccs2)[C@H]2CCS(=O)(=O)C2)cc1. The Morgan fingerprint density at radius 2 is 2.00 bits per heavy atom. The number of nitrogens with zero attached hydrogens (tertiary/aromatic N) is 1. The maximum atomic E-state index is 11.9. The molecule has 1 N–H and O–H groups in total. The molecule has 1 aliphatic heterocycles. The normalized spacial score (nSPS) is 19.9. The summed E-state index contributed by atoms with van der Waals surface area (Å²) in [6.07, 6.45) is -0.102. The second kappa shape index (κ2) is 9.05. The monoisotopic (exact) mass is 411 g/mol. The van der Waals surface area contributed by atoms with Crippen molar-refractivity contribution in [2.75, 3.05) is 31.8 Å². The first-order chi connectivity index (χ1) is 12.9. The Balaban J connectivity index is 1.58. The molecular formula is C19H25NO5S2. The zero-order chi connectivity index (χ0) is 19.3. The molecule has 0 bridgehead atoms. The summed E-state index contributed by atoms with van der Waals surface area (Å²) >= 11 is 1.63. The van der Waals surface area contributed by atoms with E-state index in [1.54, 1.807) is 42.7 Å². The fourth-order valence-corrected chi connectivity index (χ4v) is 5.69. The van der Waals surface area contributed by atoms with Crippen LogP contribution in [0.4, 0.5) is 0 Å². The molecule has 2 aromatic rings. The molecule has 1 saturated heterocycles. The van der Waals surface area contributed by atoms with Crippen LogP contribution in [0, 0.1) is 0 Å². The fourth-order valence-electron chi connectivity index (χ4n) is 3.20. The van der Waals surface area contributed by atoms with Crippen molar-refractivity contribution < 1.29 is 23.0 Å². The van der Waals surface area contributed by atoms with Crippen LogP contribution in [0.25, 0.3) is 0 Å². The zero-order valence-electron chi connectivity index (χ0n) is 15.3. The van der Waals surface area contributed by atoms with Gasteiger partial charge in [0.25, 0.3) is 0 Å². The largest absolute Gasteiger partial charge is 0.497 e. The average Bonchev–Trinajstić information content (AvgIpc) is 3.29. The number of hydrogen-bond acceptors (Lipinski definition) is 7. The Labute approximate surface area is 164 Å². The highest BCUT2D eigenvalue weighted by atomic mass is 32.2. The number of aliphatic hydroxyl groups excluding tert-OH is 1. The highest BCUT2D eigenvalue weighted by Crippen LogP contribution is 2.22. The maximum Gasteiger partial charge on any atom is 0.151 e. The summed E-state index contributed by atoms with van der Waals surface area (Å²) in [4.78, 5) is 3.22. The van der Waals surface area contributed by atoms with Crippen molar-refractivity contribution in [3.8, 4) is 11.5 Å². The van der Waals surface area contributed by atoms with Gasteiger partial charge in [-0.3, -0.25) is 4.90 Å². The molecular weight excluding hydrogens is 386 g/mol. The van der Waals surface area contributed by atoms with Crippen LogP contribution < -0.4 is 9.47 Å². The summed E-state index contributed by atoms with van der Waals surface area (Å²) in [5.74, 6) is 1.78. The van der Waals surface area contributed by atoms with Crippen LogP contribution in [0.2, 0.25) is 0 Å². The first kappa shape index (κ1) is 20.1. The molecule has 2 heterocycles. The summed E-state index contributed by atoms with van der Waals surface area (Å²) in [5, 5.41) is 12.5. The van der Waals surface area contributed by atoms with E-state index in [-0.39, 0.29) is 24.2 Å². The molecule has 148 valence electrons.